The first-order valence-electron chi connectivity index (χ1n) is 11.3. The maximum absolute atomic E-state index is 13.2. The van der Waals surface area contributed by atoms with Crippen LogP contribution in [-0.4, -0.2) is 44.7 Å². The van der Waals surface area contributed by atoms with Crippen LogP contribution >= 0.6 is 0 Å². The molecule has 7 nitrogen and oxygen atoms in total. The molecule has 1 unspecified atom stereocenters. The molecule has 0 aliphatic carbocycles. The zero-order valence-corrected chi connectivity index (χ0v) is 19.0. The lowest BCUT2D eigenvalue weighted by atomic mass is 10.0. The first kappa shape index (κ1) is 22.5. The molecule has 1 amide bonds. The number of aliphatic imine (C=N–C) groups is 1. The zero-order valence-electron chi connectivity index (χ0n) is 18.2. The number of hydrogen-bond acceptors (Lipinski definition) is 5. The fraction of sp³-hybridized carbons (Fsp3) is 0.417. The molecule has 2 N–H and O–H groups in total. The summed E-state index contributed by atoms with van der Waals surface area (Å²) in [5.74, 6) is 0.413. The van der Waals surface area contributed by atoms with E-state index in [2.05, 4.69) is 19.9 Å². The van der Waals surface area contributed by atoms with Gasteiger partial charge in [-0.05, 0) is 68.6 Å². The first-order valence-corrected chi connectivity index (χ1v) is 12.8. The van der Waals surface area contributed by atoms with Crippen LogP contribution in [0, 0.1) is 0 Å². The molecule has 1 saturated heterocycles. The average molecular weight is 455 g/mol. The predicted octanol–water partition coefficient (Wildman–Crippen LogP) is 3.71. The van der Waals surface area contributed by atoms with Crippen molar-refractivity contribution in [1.29, 1.82) is 0 Å². The molecule has 2 aromatic rings. The Morgan fingerprint density at radius 3 is 2.34 bits per heavy atom. The summed E-state index contributed by atoms with van der Waals surface area (Å²) >= 11 is 0. The van der Waals surface area contributed by atoms with E-state index in [4.69, 9.17) is 0 Å². The van der Waals surface area contributed by atoms with Crippen molar-refractivity contribution in [3.63, 3.8) is 0 Å². The number of rotatable bonds is 6. The van der Waals surface area contributed by atoms with Crippen molar-refractivity contribution in [3.05, 3.63) is 60.2 Å². The summed E-state index contributed by atoms with van der Waals surface area (Å²) in [6, 6.07) is 15.7. The number of carbonyl (C=O) groups is 1. The van der Waals surface area contributed by atoms with Gasteiger partial charge in [0.25, 0.3) is 10.0 Å². The van der Waals surface area contributed by atoms with Crippen LogP contribution in [0.3, 0.4) is 0 Å². The summed E-state index contributed by atoms with van der Waals surface area (Å²) in [5, 5.41) is 2.97. The summed E-state index contributed by atoms with van der Waals surface area (Å²) in [4.78, 5) is 19.9. The first-order chi connectivity index (χ1) is 15.5. The van der Waals surface area contributed by atoms with Crippen molar-refractivity contribution in [2.24, 2.45) is 4.99 Å². The molecule has 32 heavy (non-hydrogen) atoms. The van der Waals surface area contributed by atoms with Gasteiger partial charge in [-0.25, -0.2) is 8.42 Å². The van der Waals surface area contributed by atoms with Gasteiger partial charge in [0, 0.05) is 18.7 Å². The van der Waals surface area contributed by atoms with Crippen molar-refractivity contribution < 1.29 is 13.2 Å². The molecule has 170 valence electrons. The van der Waals surface area contributed by atoms with Crippen LogP contribution in [-0.2, 0) is 14.8 Å². The number of hydrogen-bond donors (Lipinski definition) is 2. The van der Waals surface area contributed by atoms with E-state index in [-0.39, 0.29) is 16.8 Å². The van der Waals surface area contributed by atoms with Crippen molar-refractivity contribution in [2.45, 2.75) is 49.5 Å². The van der Waals surface area contributed by atoms with Gasteiger partial charge >= 0.3 is 0 Å². The second-order valence-electron chi connectivity index (χ2n) is 8.31. The van der Waals surface area contributed by atoms with E-state index in [0.29, 0.717) is 24.5 Å². The Bertz CT molecular complexity index is 1050. The molecule has 2 heterocycles. The van der Waals surface area contributed by atoms with Crippen molar-refractivity contribution in [1.82, 2.24) is 9.62 Å². The lowest BCUT2D eigenvalue weighted by molar-refractivity contribution is -0.121. The number of benzene rings is 2. The van der Waals surface area contributed by atoms with Crippen molar-refractivity contribution >= 4 is 27.5 Å². The smallest absolute Gasteiger partial charge is 0.262 e. The third kappa shape index (κ3) is 5.55. The Morgan fingerprint density at radius 2 is 1.62 bits per heavy atom. The highest BCUT2D eigenvalue weighted by Gasteiger charge is 2.29. The van der Waals surface area contributed by atoms with Gasteiger partial charge in [0.15, 0.2) is 0 Å². The van der Waals surface area contributed by atoms with E-state index >= 15 is 0 Å². The maximum atomic E-state index is 13.2. The van der Waals surface area contributed by atoms with Crippen LogP contribution in [0.25, 0.3) is 0 Å². The minimum Gasteiger partial charge on any atom is -0.324 e. The number of nitrogens with one attached hydrogen (secondary N) is 2. The van der Waals surface area contributed by atoms with E-state index in [1.165, 1.54) is 12.1 Å². The Labute approximate surface area is 190 Å². The highest BCUT2D eigenvalue weighted by atomic mass is 32.2. The third-order valence-corrected chi connectivity index (χ3v) is 7.33. The molecule has 0 bridgehead atoms. The lowest BCUT2D eigenvalue weighted by Gasteiger charge is -2.27. The van der Waals surface area contributed by atoms with E-state index < -0.39 is 10.0 Å². The fourth-order valence-electron chi connectivity index (χ4n) is 4.26. The van der Waals surface area contributed by atoms with E-state index in [9.17, 15) is 13.2 Å². The Hall–Kier alpha value is -2.71. The molecule has 4 rings (SSSR count). The number of likely N-dealkylation sites (tertiary alicyclic amines) is 1. The van der Waals surface area contributed by atoms with E-state index in [0.717, 1.165) is 50.8 Å². The van der Waals surface area contributed by atoms with Crippen molar-refractivity contribution in [3.8, 4) is 0 Å². The second kappa shape index (κ2) is 10.3. The molecule has 2 aliphatic rings. The third-order valence-electron chi connectivity index (χ3n) is 5.93. The number of amides is 1. The van der Waals surface area contributed by atoms with Crippen LogP contribution in [0.5, 0.6) is 0 Å². The summed E-state index contributed by atoms with van der Waals surface area (Å²) in [6.45, 7) is 2.43. The monoisotopic (exact) mass is 454 g/mol. The van der Waals surface area contributed by atoms with Crippen molar-refractivity contribution in [2.75, 3.05) is 25.0 Å². The Balaban J connectivity index is 1.46. The van der Waals surface area contributed by atoms with Crippen LogP contribution in [0.15, 0.2) is 64.5 Å². The molecule has 0 radical (unpaired) electrons. The highest BCUT2D eigenvalue weighted by Crippen LogP contribution is 2.27. The second-order valence-corrected chi connectivity index (χ2v) is 10.00. The van der Waals surface area contributed by atoms with Gasteiger partial charge in [0.2, 0.25) is 5.91 Å². The normalized spacial score (nSPS) is 18.4. The number of carbonyl (C=O) groups excluding carboxylic acids is 1. The van der Waals surface area contributed by atoms with Crippen LogP contribution in [0.1, 0.15) is 50.1 Å². The number of anilines is 1. The highest BCUT2D eigenvalue weighted by molar-refractivity contribution is 7.90. The Morgan fingerprint density at radius 1 is 0.906 bits per heavy atom. The number of nitrogens with zero attached hydrogens (tertiary/aromatic N) is 2. The number of sulfonamides is 1. The standard InChI is InChI=1S/C24H30N4O3S/c29-24(23(28-17-7-8-18-28)19-9-3-1-4-10-19)26-20-12-14-21(15-13-20)32(30,31)27-22-11-5-2-6-16-25-22/h1,3-4,9-10,12-15,23H,2,5-8,11,16-18H2,(H,25,27)(H,26,29). The van der Waals surface area contributed by atoms with Gasteiger partial charge in [-0.1, -0.05) is 36.8 Å². The van der Waals surface area contributed by atoms with Gasteiger partial charge < -0.3 is 5.32 Å². The SMILES string of the molecule is O=C(Nc1ccc(S(=O)(=O)NC2=NCCCCC2)cc1)C(c1ccccc1)N1CCCC1. The van der Waals surface area contributed by atoms with Crippen LogP contribution in [0.4, 0.5) is 5.69 Å². The Kier molecular flexibility index (Phi) is 7.22. The molecular formula is C24H30N4O3S. The molecular weight excluding hydrogens is 424 g/mol. The average Bonchev–Trinajstić information content (AvgIpc) is 3.19. The molecule has 8 heteroatoms. The predicted molar refractivity (Wildman–Crippen MR) is 126 cm³/mol. The summed E-state index contributed by atoms with van der Waals surface area (Å²) < 4.78 is 28.1. The van der Waals surface area contributed by atoms with E-state index in [1.807, 2.05) is 30.3 Å². The minimum absolute atomic E-state index is 0.111. The molecule has 2 aliphatic heterocycles. The summed E-state index contributed by atoms with van der Waals surface area (Å²) in [6.07, 6.45) is 5.80. The molecule has 0 saturated carbocycles. The van der Waals surface area contributed by atoms with Gasteiger partial charge in [-0.2, -0.15) is 0 Å². The van der Waals surface area contributed by atoms with Gasteiger partial charge in [-0.15, -0.1) is 0 Å². The van der Waals surface area contributed by atoms with E-state index in [1.54, 1.807) is 12.1 Å². The fourth-order valence-corrected chi connectivity index (χ4v) is 5.35. The van der Waals surface area contributed by atoms with Crippen LogP contribution < -0.4 is 10.0 Å². The molecule has 0 aromatic heterocycles. The van der Waals surface area contributed by atoms with Gasteiger partial charge in [-0.3, -0.25) is 19.4 Å². The molecule has 0 spiro atoms. The topological polar surface area (TPSA) is 90.9 Å². The minimum atomic E-state index is -3.70. The lowest BCUT2D eigenvalue weighted by Crippen LogP contribution is -2.35. The van der Waals surface area contributed by atoms with Crippen LogP contribution in [0.2, 0.25) is 0 Å². The zero-order chi connectivity index (χ0) is 22.4. The molecule has 1 fully saturated rings. The molecule has 1 atom stereocenters. The number of amidine groups is 1. The quantitative estimate of drug-likeness (QED) is 0.696. The summed E-state index contributed by atoms with van der Waals surface area (Å²) in [5.41, 5.74) is 1.53. The largest absolute Gasteiger partial charge is 0.324 e. The summed E-state index contributed by atoms with van der Waals surface area (Å²) in [7, 11) is -3.70. The molecule has 2 aromatic carbocycles. The van der Waals surface area contributed by atoms with Gasteiger partial charge in [0.05, 0.1) is 4.90 Å². The maximum Gasteiger partial charge on any atom is 0.262 e. The van der Waals surface area contributed by atoms with Gasteiger partial charge in [0.1, 0.15) is 11.9 Å².